The molecule has 1 saturated heterocycles. The van der Waals surface area contributed by atoms with Gasteiger partial charge in [0.25, 0.3) is 11.8 Å². The van der Waals surface area contributed by atoms with Crippen molar-refractivity contribution in [3.8, 4) is 5.75 Å². The van der Waals surface area contributed by atoms with E-state index >= 15 is 0 Å². The van der Waals surface area contributed by atoms with Gasteiger partial charge in [-0.15, -0.1) is 0 Å². The molecule has 0 aliphatic carbocycles. The van der Waals surface area contributed by atoms with Crippen LogP contribution in [0.5, 0.6) is 5.75 Å². The molecule has 6 nitrogen and oxygen atoms in total. The highest BCUT2D eigenvalue weighted by Crippen LogP contribution is 2.33. The van der Waals surface area contributed by atoms with E-state index < -0.39 is 11.8 Å². The maximum absolute atomic E-state index is 12.5. The van der Waals surface area contributed by atoms with Crippen molar-refractivity contribution in [3.63, 3.8) is 0 Å². The average molecular weight is 456 g/mol. The summed E-state index contributed by atoms with van der Waals surface area (Å²) in [6, 6.07) is 20.4. The van der Waals surface area contributed by atoms with Gasteiger partial charge in [0, 0.05) is 28.7 Å². The Morgan fingerprint density at radius 1 is 0.970 bits per heavy atom. The zero-order valence-corrected chi connectivity index (χ0v) is 19.0. The number of amides is 2. The SMILES string of the molecule is COc1ccc2c(c1)c(C=C1C(=O)NC(=S)NC1=O)c(C)n2Cc1cccc2ccccc12. The second kappa shape index (κ2) is 8.18. The lowest BCUT2D eigenvalue weighted by molar-refractivity contribution is -0.123. The molecule has 5 rings (SSSR count). The molecule has 164 valence electrons. The van der Waals surface area contributed by atoms with E-state index in [-0.39, 0.29) is 10.7 Å². The molecule has 3 aromatic carbocycles. The van der Waals surface area contributed by atoms with Crippen LogP contribution in [0.2, 0.25) is 0 Å². The summed E-state index contributed by atoms with van der Waals surface area (Å²) in [4.78, 5) is 25.0. The minimum Gasteiger partial charge on any atom is -0.497 e. The molecule has 7 heteroatoms. The fourth-order valence-corrected chi connectivity index (χ4v) is 4.54. The molecule has 33 heavy (non-hydrogen) atoms. The van der Waals surface area contributed by atoms with Crippen molar-refractivity contribution in [1.29, 1.82) is 0 Å². The van der Waals surface area contributed by atoms with Gasteiger partial charge in [-0.05, 0) is 59.8 Å². The third-order valence-electron chi connectivity index (χ3n) is 6.02. The number of methoxy groups -OCH3 is 1. The van der Waals surface area contributed by atoms with Crippen molar-refractivity contribution in [2.75, 3.05) is 7.11 Å². The molecule has 0 bridgehead atoms. The Bertz CT molecular complexity index is 1470. The summed E-state index contributed by atoms with van der Waals surface area (Å²) in [6.07, 6.45) is 1.63. The van der Waals surface area contributed by atoms with Gasteiger partial charge < -0.3 is 9.30 Å². The molecule has 1 aromatic heterocycles. The lowest BCUT2D eigenvalue weighted by Crippen LogP contribution is -2.51. The topological polar surface area (TPSA) is 72.4 Å². The largest absolute Gasteiger partial charge is 0.497 e. The van der Waals surface area contributed by atoms with Crippen LogP contribution in [0.25, 0.3) is 27.8 Å². The lowest BCUT2D eigenvalue weighted by atomic mass is 10.0. The molecule has 0 spiro atoms. The van der Waals surface area contributed by atoms with E-state index in [1.807, 2.05) is 37.3 Å². The number of fused-ring (bicyclic) bond motifs is 2. The van der Waals surface area contributed by atoms with Gasteiger partial charge >= 0.3 is 0 Å². The van der Waals surface area contributed by atoms with Crippen molar-refractivity contribution in [2.24, 2.45) is 0 Å². The van der Waals surface area contributed by atoms with Gasteiger partial charge in [0.15, 0.2) is 5.11 Å². The Kier molecular flexibility index (Phi) is 5.18. The maximum atomic E-state index is 12.5. The normalized spacial score (nSPS) is 13.9. The van der Waals surface area contributed by atoms with Crippen molar-refractivity contribution in [1.82, 2.24) is 15.2 Å². The number of benzene rings is 3. The fourth-order valence-electron chi connectivity index (χ4n) is 4.35. The summed E-state index contributed by atoms with van der Waals surface area (Å²) < 4.78 is 7.64. The van der Waals surface area contributed by atoms with Crippen molar-refractivity contribution < 1.29 is 14.3 Å². The van der Waals surface area contributed by atoms with E-state index in [1.165, 1.54) is 16.3 Å². The first-order chi connectivity index (χ1) is 16.0. The predicted molar refractivity (Wildman–Crippen MR) is 133 cm³/mol. The standard InChI is InChI=1S/C26H21N3O3S/c1-15-20(13-22-24(30)27-26(33)28-25(22)31)21-12-18(32-2)10-11-23(21)29(15)14-17-8-5-7-16-6-3-4-9-19(16)17/h3-13H,14H2,1-2H3,(H2,27,28,30,31,33). The minimum atomic E-state index is -0.513. The van der Waals surface area contributed by atoms with E-state index in [9.17, 15) is 9.59 Å². The lowest BCUT2D eigenvalue weighted by Gasteiger charge is -2.16. The van der Waals surface area contributed by atoms with Gasteiger partial charge in [-0.1, -0.05) is 42.5 Å². The zero-order chi connectivity index (χ0) is 23.1. The summed E-state index contributed by atoms with van der Waals surface area (Å²) >= 11 is 4.92. The molecular weight excluding hydrogens is 434 g/mol. The van der Waals surface area contributed by atoms with Gasteiger partial charge in [0.1, 0.15) is 11.3 Å². The second-order valence-electron chi connectivity index (χ2n) is 7.90. The van der Waals surface area contributed by atoms with Crippen LogP contribution < -0.4 is 15.4 Å². The molecule has 2 amide bonds. The molecule has 2 heterocycles. The van der Waals surface area contributed by atoms with Gasteiger partial charge in [-0.25, -0.2) is 0 Å². The number of nitrogens with zero attached hydrogens (tertiary/aromatic N) is 1. The smallest absolute Gasteiger partial charge is 0.263 e. The highest BCUT2D eigenvalue weighted by molar-refractivity contribution is 7.80. The van der Waals surface area contributed by atoms with Gasteiger partial charge in [0.2, 0.25) is 0 Å². The molecule has 4 aromatic rings. The highest BCUT2D eigenvalue weighted by Gasteiger charge is 2.27. The van der Waals surface area contributed by atoms with Crippen molar-refractivity contribution in [2.45, 2.75) is 13.5 Å². The van der Waals surface area contributed by atoms with E-state index in [1.54, 1.807) is 13.2 Å². The number of ether oxygens (including phenoxy) is 1. The molecule has 1 aliphatic rings. The first-order valence-corrected chi connectivity index (χ1v) is 10.9. The van der Waals surface area contributed by atoms with E-state index in [0.717, 1.165) is 22.2 Å². The Morgan fingerprint density at radius 2 is 1.70 bits per heavy atom. The van der Waals surface area contributed by atoms with Crippen LogP contribution in [0.15, 0.2) is 66.2 Å². The third-order valence-corrected chi connectivity index (χ3v) is 6.22. The van der Waals surface area contributed by atoms with Crippen LogP contribution in [0.1, 0.15) is 16.8 Å². The summed E-state index contributed by atoms with van der Waals surface area (Å²) in [5.41, 5.74) is 3.91. The predicted octanol–water partition coefficient (Wildman–Crippen LogP) is 4.07. The highest BCUT2D eigenvalue weighted by atomic mass is 32.1. The van der Waals surface area contributed by atoms with Gasteiger partial charge in [-0.3, -0.25) is 20.2 Å². The first kappa shape index (κ1) is 20.9. The Labute approximate surface area is 195 Å². The summed E-state index contributed by atoms with van der Waals surface area (Å²) in [5, 5.41) is 8.27. The molecular formula is C26H21N3O3S. The molecule has 0 atom stereocenters. The Balaban J connectivity index is 1.70. The number of hydrogen-bond acceptors (Lipinski definition) is 4. The second-order valence-corrected chi connectivity index (χ2v) is 8.31. The van der Waals surface area contributed by atoms with Crippen molar-refractivity contribution in [3.05, 3.63) is 83.1 Å². The molecule has 2 N–H and O–H groups in total. The molecule has 1 aliphatic heterocycles. The number of hydrogen-bond donors (Lipinski definition) is 2. The number of nitrogens with one attached hydrogen (secondary N) is 2. The van der Waals surface area contributed by atoms with Crippen LogP contribution in [0.3, 0.4) is 0 Å². The third kappa shape index (κ3) is 3.66. The van der Waals surface area contributed by atoms with Gasteiger partial charge in [-0.2, -0.15) is 0 Å². The average Bonchev–Trinajstić information content (AvgIpc) is 3.06. The number of carbonyl (C=O) groups is 2. The molecule has 1 fully saturated rings. The van der Waals surface area contributed by atoms with Crippen LogP contribution in [-0.2, 0) is 16.1 Å². The van der Waals surface area contributed by atoms with Crippen LogP contribution in [0, 0.1) is 6.92 Å². The minimum absolute atomic E-state index is 0.0127. The molecule has 0 saturated carbocycles. The van der Waals surface area contributed by atoms with E-state index in [4.69, 9.17) is 17.0 Å². The number of thiocarbonyl (C=S) groups is 1. The monoisotopic (exact) mass is 455 g/mol. The molecule has 0 radical (unpaired) electrons. The van der Waals surface area contributed by atoms with Crippen LogP contribution in [0.4, 0.5) is 0 Å². The van der Waals surface area contributed by atoms with Gasteiger partial charge in [0.05, 0.1) is 7.11 Å². The van der Waals surface area contributed by atoms with Crippen molar-refractivity contribution >= 4 is 56.9 Å². The summed E-state index contributed by atoms with van der Waals surface area (Å²) in [7, 11) is 1.61. The summed E-state index contributed by atoms with van der Waals surface area (Å²) in [6.45, 7) is 2.63. The Morgan fingerprint density at radius 3 is 2.45 bits per heavy atom. The van der Waals surface area contributed by atoms with Crippen LogP contribution >= 0.6 is 12.2 Å². The Hall–Kier alpha value is -3.97. The van der Waals surface area contributed by atoms with E-state index in [2.05, 4.69) is 45.5 Å². The molecule has 0 unspecified atom stereocenters. The number of aromatic nitrogens is 1. The quantitative estimate of drug-likeness (QED) is 0.276. The fraction of sp³-hybridized carbons (Fsp3) is 0.115. The zero-order valence-electron chi connectivity index (χ0n) is 18.1. The first-order valence-electron chi connectivity index (χ1n) is 10.5. The van der Waals surface area contributed by atoms with Crippen LogP contribution in [-0.4, -0.2) is 28.6 Å². The van der Waals surface area contributed by atoms with E-state index in [0.29, 0.717) is 12.3 Å². The maximum Gasteiger partial charge on any atom is 0.263 e. The number of rotatable bonds is 4. The summed E-state index contributed by atoms with van der Waals surface area (Å²) in [5.74, 6) is -0.329. The number of carbonyl (C=O) groups excluding carboxylic acids is 2.